The summed E-state index contributed by atoms with van der Waals surface area (Å²) in [6.07, 6.45) is 1.37. The highest BCUT2D eigenvalue weighted by Crippen LogP contribution is 2.28. The summed E-state index contributed by atoms with van der Waals surface area (Å²) < 4.78 is 29.1. The molecule has 0 aliphatic heterocycles. The fourth-order valence-corrected chi connectivity index (χ4v) is 2.70. The van der Waals surface area contributed by atoms with Crippen LogP contribution in [-0.2, 0) is 16.2 Å². The van der Waals surface area contributed by atoms with Gasteiger partial charge >= 0.3 is 11.8 Å². The predicted molar refractivity (Wildman–Crippen MR) is 121 cm³/mol. The molecule has 3 rings (SSSR count). The predicted octanol–water partition coefficient (Wildman–Crippen LogP) is 3.51. The van der Waals surface area contributed by atoms with Crippen LogP contribution in [0.2, 0.25) is 0 Å². The highest BCUT2D eigenvalue weighted by atomic mass is 19.1. The van der Waals surface area contributed by atoms with Gasteiger partial charge in [0.05, 0.1) is 20.4 Å². The molecular formula is C24H22FN3O5. The van der Waals surface area contributed by atoms with Gasteiger partial charge in [-0.25, -0.2) is 9.82 Å². The van der Waals surface area contributed by atoms with Crippen LogP contribution in [0.1, 0.15) is 11.1 Å². The van der Waals surface area contributed by atoms with Crippen LogP contribution in [0.4, 0.5) is 10.1 Å². The van der Waals surface area contributed by atoms with Gasteiger partial charge in [0, 0.05) is 5.69 Å². The van der Waals surface area contributed by atoms with E-state index in [2.05, 4.69) is 15.8 Å². The molecule has 0 spiro atoms. The van der Waals surface area contributed by atoms with Crippen LogP contribution < -0.4 is 25.0 Å². The van der Waals surface area contributed by atoms with Gasteiger partial charge in [-0.3, -0.25) is 9.59 Å². The van der Waals surface area contributed by atoms with Gasteiger partial charge in [-0.05, 0) is 65.7 Å². The van der Waals surface area contributed by atoms with E-state index < -0.39 is 11.8 Å². The number of nitrogens with one attached hydrogen (secondary N) is 2. The molecule has 0 fully saturated rings. The largest absolute Gasteiger partial charge is 0.497 e. The SMILES string of the molecule is COc1ccc(NC(=O)C(=O)N/N=C\c2ccc(OCc3ccc(F)cc3)c(OC)c2)cc1. The first-order chi connectivity index (χ1) is 16.0. The normalized spacial score (nSPS) is 10.5. The molecule has 170 valence electrons. The molecule has 0 aromatic heterocycles. The fourth-order valence-electron chi connectivity index (χ4n) is 2.70. The lowest BCUT2D eigenvalue weighted by molar-refractivity contribution is -0.136. The summed E-state index contributed by atoms with van der Waals surface area (Å²) in [5.41, 5.74) is 4.03. The number of hydrazone groups is 1. The number of carbonyl (C=O) groups is 2. The van der Waals surface area contributed by atoms with E-state index in [4.69, 9.17) is 14.2 Å². The third kappa shape index (κ3) is 6.79. The van der Waals surface area contributed by atoms with Crippen LogP contribution >= 0.6 is 0 Å². The van der Waals surface area contributed by atoms with E-state index in [9.17, 15) is 14.0 Å². The van der Waals surface area contributed by atoms with E-state index in [0.717, 1.165) is 5.56 Å². The molecule has 0 aliphatic rings. The van der Waals surface area contributed by atoms with E-state index >= 15 is 0 Å². The second kappa shape index (κ2) is 11.3. The van der Waals surface area contributed by atoms with E-state index in [1.54, 1.807) is 54.6 Å². The Morgan fingerprint density at radius 3 is 2.30 bits per heavy atom. The summed E-state index contributed by atoms with van der Waals surface area (Å²) in [6, 6.07) is 17.6. The number of nitrogens with zero attached hydrogens (tertiary/aromatic N) is 1. The Balaban J connectivity index is 1.54. The number of amides is 2. The Kier molecular flexibility index (Phi) is 7.96. The standard InChI is InChI=1S/C24H22FN3O5/c1-31-20-10-8-19(9-11-20)27-23(29)24(30)28-26-14-17-5-12-21(22(13-17)32-2)33-15-16-3-6-18(25)7-4-16/h3-14H,15H2,1-2H3,(H,27,29)(H,28,30)/b26-14-. The molecule has 33 heavy (non-hydrogen) atoms. The van der Waals surface area contributed by atoms with Crippen molar-refractivity contribution in [2.75, 3.05) is 19.5 Å². The van der Waals surface area contributed by atoms with Gasteiger partial charge in [0.25, 0.3) is 0 Å². The first-order valence-electron chi connectivity index (χ1n) is 9.82. The van der Waals surface area contributed by atoms with Crippen LogP contribution in [-0.4, -0.2) is 32.2 Å². The van der Waals surface area contributed by atoms with Crippen molar-refractivity contribution in [2.45, 2.75) is 6.61 Å². The zero-order valence-electron chi connectivity index (χ0n) is 18.0. The lowest BCUT2D eigenvalue weighted by atomic mass is 10.2. The first kappa shape index (κ1) is 23.3. The molecule has 0 heterocycles. The summed E-state index contributed by atoms with van der Waals surface area (Å²) >= 11 is 0. The molecule has 8 nitrogen and oxygen atoms in total. The smallest absolute Gasteiger partial charge is 0.329 e. The lowest BCUT2D eigenvalue weighted by Crippen LogP contribution is -2.32. The summed E-state index contributed by atoms with van der Waals surface area (Å²) in [4.78, 5) is 23.9. The molecule has 3 aromatic rings. The van der Waals surface area contributed by atoms with E-state index in [0.29, 0.717) is 28.5 Å². The second-order valence-corrected chi connectivity index (χ2v) is 6.71. The molecule has 0 saturated carbocycles. The Morgan fingerprint density at radius 2 is 1.64 bits per heavy atom. The number of methoxy groups -OCH3 is 2. The Morgan fingerprint density at radius 1 is 0.909 bits per heavy atom. The van der Waals surface area contributed by atoms with Crippen molar-refractivity contribution in [3.63, 3.8) is 0 Å². The zero-order chi connectivity index (χ0) is 23.6. The van der Waals surface area contributed by atoms with E-state index in [1.807, 2.05) is 0 Å². The van der Waals surface area contributed by atoms with Gasteiger partial charge in [-0.15, -0.1) is 0 Å². The number of benzene rings is 3. The molecule has 0 aliphatic carbocycles. The van der Waals surface area contributed by atoms with Crippen LogP contribution in [0.15, 0.2) is 71.8 Å². The van der Waals surface area contributed by atoms with E-state index in [1.165, 1.54) is 32.6 Å². The van der Waals surface area contributed by atoms with Crippen molar-refractivity contribution < 1.29 is 28.2 Å². The highest BCUT2D eigenvalue weighted by Gasteiger charge is 2.13. The molecule has 0 bridgehead atoms. The van der Waals surface area contributed by atoms with Gasteiger partial charge in [0.1, 0.15) is 18.2 Å². The van der Waals surface area contributed by atoms with Crippen LogP contribution in [0.5, 0.6) is 17.2 Å². The molecule has 0 saturated heterocycles. The number of hydrogen-bond donors (Lipinski definition) is 2. The van der Waals surface area contributed by atoms with Gasteiger partial charge in [0.2, 0.25) is 0 Å². The minimum atomic E-state index is -0.923. The van der Waals surface area contributed by atoms with Crippen LogP contribution in [0, 0.1) is 5.82 Å². The summed E-state index contributed by atoms with van der Waals surface area (Å²) in [5, 5.41) is 6.26. The summed E-state index contributed by atoms with van der Waals surface area (Å²) in [7, 11) is 3.02. The highest BCUT2D eigenvalue weighted by molar-refractivity contribution is 6.39. The van der Waals surface area contributed by atoms with E-state index in [-0.39, 0.29) is 12.4 Å². The minimum absolute atomic E-state index is 0.240. The number of ether oxygens (including phenoxy) is 3. The Labute approximate surface area is 190 Å². The van der Waals surface area contributed by atoms with Crippen molar-refractivity contribution in [2.24, 2.45) is 5.10 Å². The molecule has 3 aromatic carbocycles. The van der Waals surface area contributed by atoms with Crippen LogP contribution in [0.3, 0.4) is 0 Å². The minimum Gasteiger partial charge on any atom is -0.497 e. The molecule has 0 atom stereocenters. The average Bonchev–Trinajstić information content (AvgIpc) is 2.84. The topological polar surface area (TPSA) is 98.2 Å². The molecule has 0 unspecified atom stereocenters. The number of halogens is 1. The third-order valence-corrected chi connectivity index (χ3v) is 4.43. The quantitative estimate of drug-likeness (QED) is 0.310. The molecule has 0 radical (unpaired) electrons. The lowest BCUT2D eigenvalue weighted by Gasteiger charge is -2.11. The zero-order valence-corrected chi connectivity index (χ0v) is 18.0. The van der Waals surface area contributed by atoms with Gasteiger partial charge in [-0.1, -0.05) is 12.1 Å². The fraction of sp³-hybridized carbons (Fsp3) is 0.125. The first-order valence-corrected chi connectivity index (χ1v) is 9.82. The maximum absolute atomic E-state index is 13.0. The average molecular weight is 451 g/mol. The Bertz CT molecular complexity index is 1130. The molecule has 2 N–H and O–H groups in total. The van der Waals surface area contributed by atoms with Crippen molar-refractivity contribution in [3.05, 3.63) is 83.7 Å². The molecule has 9 heteroatoms. The third-order valence-electron chi connectivity index (χ3n) is 4.43. The number of anilines is 1. The maximum atomic E-state index is 13.0. The van der Waals surface area contributed by atoms with Gasteiger partial charge in [0.15, 0.2) is 11.5 Å². The number of carbonyl (C=O) groups excluding carboxylic acids is 2. The van der Waals surface area contributed by atoms with Crippen LogP contribution in [0.25, 0.3) is 0 Å². The monoisotopic (exact) mass is 451 g/mol. The number of hydrogen-bond acceptors (Lipinski definition) is 6. The van der Waals surface area contributed by atoms with Crippen molar-refractivity contribution in [1.29, 1.82) is 0 Å². The second-order valence-electron chi connectivity index (χ2n) is 6.71. The van der Waals surface area contributed by atoms with Gasteiger partial charge in [-0.2, -0.15) is 5.10 Å². The van der Waals surface area contributed by atoms with Crippen molar-refractivity contribution >= 4 is 23.7 Å². The molecular weight excluding hydrogens is 429 g/mol. The van der Waals surface area contributed by atoms with Crippen molar-refractivity contribution in [1.82, 2.24) is 5.43 Å². The van der Waals surface area contributed by atoms with Gasteiger partial charge < -0.3 is 19.5 Å². The Hall–Kier alpha value is -4.40. The summed E-state index contributed by atoms with van der Waals surface area (Å²) in [5.74, 6) is -0.533. The maximum Gasteiger partial charge on any atom is 0.329 e. The summed E-state index contributed by atoms with van der Waals surface area (Å²) in [6.45, 7) is 0.240. The molecule has 2 amide bonds. The van der Waals surface area contributed by atoms with Crippen molar-refractivity contribution in [3.8, 4) is 17.2 Å². The number of rotatable bonds is 8.